The van der Waals surface area contributed by atoms with Gasteiger partial charge in [0.1, 0.15) is 5.82 Å². The van der Waals surface area contributed by atoms with Crippen LogP contribution in [-0.4, -0.2) is 63.0 Å². The second kappa shape index (κ2) is 5.94. The van der Waals surface area contributed by atoms with E-state index in [4.69, 9.17) is 0 Å². The van der Waals surface area contributed by atoms with Gasteiger partial charge in [0.25, 0.3) is 0 Å². The number of fused-ring (bicyclic) bond motifs is 3. The first-order chi connectivity index (χ1) is 10.5. The molecule has 2 amide bonds. The van der Waals surface area contributed by atoms with Gasteiger partial charge in [-0.2, -0.15) is 5.10 Å². The Balaban J connectivity index is 1.65. The number of hydrogen-bond acceptors (Lipinski definition) is 4. The fraction of sp³-hybridized carbons (Fsp3) is 0.714. The van der Waals surface area contributed by atoms with E-state index in [2.05, 4.69) is 15.2 Å². The minimum absolute atomic E-state index is 0.0175. The Kier molecular flexibility index (Phi) is 4.00. The molecule has 3 heterocycles. The van der Waals surface area contributed by atoms with Crippen LogP contribution in [0.25, 0.3) is 0 Å². The highest BCUT2D eigenvalue weighted by atomic mass is 16.2. The summed E-state index contributed by atoms with van der Waals surface area (Å²) in [7, 11) is 1.84. The highest BCUT2D eigenvalue weighted by molar-refractivity contribution is 5.82. The molecule has 8 nitrogen and oxygen atoms in total. The summed E-state index contributed by atoms with van der Waals surface area (Å²) in [6.07, 6.45) is 3.54. The van der Waals surface area contributed by atoms with Crippen molar-refractivity contribution in [1.82, 2.24) is 25.0 Å². The highest BCUT2D eigenvalue weighted by Crippen LogP contribution is 2.27. The van der Waals surface area contributed by atoms with Gasteiger partial charge in [0, 0.05) is 39.0 Å². The zero-order valence-electron chi connectivity index (χ0n) is 12.7. The van der Waals surface area contributed by atoms with Gasteiger partial charge in [0.05, 0.1) is 5.92 Å². The van der Waals surface area contributed by atoms with Crippen LogP contribution >= 0.6 is 0 Å². The molecule has 2 saturated heterocycles. The summed E-state index contributed by atoms with van der Waals surface area (Å²) in [6.45, 7) is 1.12. The molecule has 1 aromatic heterocycles. The molecule has 2 aliphatic rings. The summed E-state index contributed by atoms with van der Waals surface area (Å²) in [5, 5.41) is 6.10. The van der Waals surface area contributed by atoms with Gasteiger partial charge in [0.2, 0.25) is 11.8 Å². The van der Waals surface area contributed by atoms with Crippen molar-refractivity contribution in [3.8, 4) is 0 Å². The first kappa shape index (κ1) is 14.8. The molecule has 0 radical (unpaired) electrons. The number of hydrogen-bond donors (Lipinski definition) is 2. The molecule has 120 valence electrons. The maximum atomic E-state index is 12.4. The van der Waals surface area contributed by atoms with Crippen molar-refractivity contribution in [2.24, 2.45) is 5.92 Å². The largest absolute Gasteiger partial charge is 0.341 e. The SMILES string of the molecule is CN1C(=O)[C@@H]2CCC[C@H]1CN(C(=O)CCc1n[nH]c(=O)[nH]1)C2. The van der Waals surface area contributed by atoms with Crippen molar-refractivity contribution in [3.63, 3.8) is 0 Å². The summed E-state index contributed by atoms with van der Waals surface area (Å²) in [5.74, 6) is 0.589. The molecule has 2 fully saturated rings. The fourth-order valence-corrected chi connectivity index (χ4v) is 3.37. The van der Waals surface area contributed by atoms with Crippen molar-refractivity contribution in [2.45, 2.75) is 38.1 Å². The van der Waals surface area contributed by atoms with E-state index in [1.807, 2.05) is 11.9 Å². The number of likely N-dealkylation sites (tertiary alicyclic amines) is 1. The summed E-state index contributed by atoms with van der Waals surface area (Å²) in [5.41, 5.74) is -0.362. The number of carbonyl (C=O) groups excluding carboxylic acids is 2. The van der Waals surface area contributed by atoms with Crippen LogP contribution in [0.5, 0.6) is 0 Å². The number of aromatic amines is 2. The summed E-state index contributed by atoms with van der Waals surface area (Å²) in [6, 6.07) is 0.120. The van der Waals surface area contributed by atoms with Crippen molar-refractivity contribution >= 4 is 11.8 Å². The van der Waals surface area contributed by atoms with Gasteiger partial charge < -0.3 is 9.80 Å². The Bertz CT molecular complexity index is 622. The van der Waals surface area contributed by atoms with Crippen LogP contribution in [-0.2, 0) is 16.0 Å². The molecule has 22 heavy (non-hydrogen) atoms. The lowest BCUT2D eigenvalue weighted by Crippen LogP contribution is -2.42. The van der Waals surface area contributed by atoms with Crippen molar-refractivity contribution in [1.29, 1.82) is 0 Å². The van der Waals surface area contributed by atoms with Gasteiger partial charge in [-0.3, -0.25) is 14.6 Å². The van der Waals surface area contributed by atoms with E-state index < -0.39 is 0 Å². The molecular weight excluding hydrogens is 286 g/mol. The standard InChI is InChI=1S/C14H21N5O3/c1-18-10-4-2-3-9(13(18)21)7-19(8-10)12(20)6-5-11-15-14(22)17-16-11/h9-10H,2-8H2,1H3,(H2,15,16,17,22)/t9-,10+/m1/s1. The lowest BCUT2D eigenvalue weighted by Gasteiger charge is -2.29. The molecule has 8 heteroatoms. The van der Waals surface area contributed by atoms with E-state index in [1.54, 1.807) is 4.90 Å². The van der Waals surface area contributed by atoms with E-state index in [9.17, 15) is 14.4 Å². The Morgan fingerprint density at radius 2 is 2.14 bits per heavy atom. The van der Waals surface area contributed by atoms with E-state index in [0.717, 1.165) is 19.3 Å². The molecule has 0 unspecified atom stereocenters. The van der Waals surface area contributed by atoms with Gasteiger partial charge in [0.15, 0.2) is 0 Å². The zero-order chi connectivity index (χ0) is 15.7. The molecule has 2 aliphatic heterocycles. The summed E-state index contributed by atoms with van der Waals surface area (Å²) in [4.78, 5) is 41.9. The zero-order valence-corrected chi connectivity index (χ0v) is 12.7. The third-order valence-corrected chi connectivity index (χ3v) is 4.69. The Hall–Kier alpha value is -2.12. The van der Waals surface area contributed by atoms with Gasteiger partial charge in [-0.25, -0.2) is 9.89 Å². The number of nitrogens with zero attached hydrogens (tertiary/aromatic N) is 3. The quantitative estimate of drug-likeness (QED) is 0.786. The number of aromatic nitrogens is 3. The number of amides is 2. The van der Waals surface area contributed by atoms with E-state index in [1.165, 1.54) is 0 Å². The van der Waals surface area contributed by atoms with Crippen molar-refractivity contribution in [3.05, 3.63) is 16.3 Å². The maximum Gasteiger partial charge on any atom is 0.340 e. The van der Waals surface area contributed by atoms with E-state index >= 15 is 0 Å². The van der Waals surface area contributed by atoms with E-state index in [-0.39, 0.29) is 35.9 Å². The molecule has 3 rings (SSSR count). The fourth-order valence-electron chi connectivity index (χ4n) is 3.37. The van der Waals surface area contributed by atoms with Crippen LogP contribution in [0.4, 0.5) is 0 Å². The summed E-state index contributed by atoms with van der Waals surface area (Å²) < 4.78 is 0. The third-order valence-electron chi connectivity index (χ3n) is 4.69. The van der Waals surface area contributed by atoms with Gasteiger partial charge >= 0.3 is 5.69 Å². The van der Waals surface area contributed by atoms with Crippen molar-refractivity contribution < 1.29 is 9.59 Å². The number of rotatable bonds is 3. The average molecular weight is 307 g/mol. The van der Waals surface area contributed by atoms with Crippen LogP contribution in [0.2, 0.25) is 0 Å². The molecule has 0 aromatic carbocycles. The lowest BCUT2D eigenvalue weighted by atomic mass is 9.99. The lowest BCUT2D eigenvalue weighted by molar-refractivity contribution is -0.134. The third kappa shape index (κ3) is 2.90. The molecule has 1 aromatic rings. The van der Waals surface area contributed by atoms with Gasteiger partial charge in [-0.1, -0.05) is 6.42 Å². The minimum atomic E-state index is -0.362. The minimum Gasteiger partial charge on any atom is -0.341 e. The highest BCUT2D eigenvalue weighted by Gasteiger charge is 2.37. The predicted octanol–water partition coefficient (Wildman–Crippen LogP) is -0.500. The van der Waals surface area contributed by atoms with Gasteiger partial charge in [-0.05, 0) is 12.8 Å². The monoisotopic (exact) mass is 307 g/mol. The second-order valence-electron chi connectivity index (χ2n) is 6.15. The van der Waals surface area contributed by atoms with Crippen LogP contribution in [0.15, 0.2) is 4.79 Å². The topological polar surface area (TPSA) is 102 Å². The number of nitrogens with one attached hydrogen (secondary N) is 2. The van der Waals surface area contributed by atoms with Crippen LogP contribution < -0.4 is 5.69 Å². The predicted molar refractivity (Wildman–Crippen MR) is 78.0 cm³/mol. The Morgan fingerprint density at radius 3 is 2.86 bits per heavy atom. The van der Waals surface area contributed by atoms with Crippen LogP contribution in [0.3, 0.4) is 0 Å². The molecule has 2 N–H and O–H groups in total. The summed E-state index contributed by atoms with van der Waals surface area (Å²) >= 11 is 0. The Morgan fingerprint density at radius 1 is 1.32 bits per heavy atom. The second-order valence-corrected chi connectivity index (χ2v) is 6.15. The molecule has 0 aliphatic carbocycles. The van der Waals surface area contributed by atoms with E-state index in [0.29, 0.717) is 25.3 Å². The molecule has 2 atom stereocenters. The molecular formula is C14H21N5O3. The number of likely N-dealkylation sites (N-methyl/N-ethyl adjacent to an activating group) is 1. The van der Waals surface area contributed by atoms with Gasteiger partial charge in [-0.15, -0.1) is 0 Å². The smallest absolute Gasteiger partial charge is 0.340 e. The number of aryl methyl sites for hydroxylation is 1. The maximum absolute atomic E-state index is 12.4. The average Bonchev–Trinajstić information content (AvgIpc) is 2.79. The first-order valence-electron chi connectivity index (χ1n) is 7.72. The number of H-pyrrole nitrogens is 2. The first-order valence-corrected chi connectivity index (χ1v) is 7.72. The molecule has 2 bridgehead atoms. The molecule has 0 spiro atoms. The normalized spacial score (nSPS) is 25.2. The van der Waals surface area contributed by atoms with Crippen LogP contribution in [0.1, 0.15) is 31.5 Å². The van der Waals surface area contributed by atoms with Crippen LogP contribution in [0, 0.1) is 5.92 Å². The Labute approximate surface area is 127 Å². The molecule has 0 saturated carbocycles. The number of carbonyl (C=O) groups is 2. The van der Waals surface area contributed by atoms with Crippen molar-refractivity contribution in [2.75, 3.05) is 20.1 Å².